The maximum absolute atomic E-state index is 12.6. The van der Waals surface area contributed by atoms with E-state index < -0.39 is 9.84 Å². The first-order valence-corrected chi connectivity index (χ1v) is 8.58. The van der Waals surface area contributed by atoms with Crippen LogP contribution in [-0.4, -0.2) is 8.42 Å². The number of hydrogen-bond acceptors (Lipinski definition) is 3. The molecule has 2 N–H and O–H groups in total. The predicted octanol–water partition coefficient (Wildman–Crippen LogP) is 3.62. The lowest BCUT2D eigenvalue weighted by molar-refractivity contribution is 0.594. The molecule has 0 aliphatic rings. The number of nitrogen functional groups attached to an aromatic ring is 1. The molecule has 0 bridgehead atoms. The normalized spacial score (nSPS) is 11.6. The van der Waals surface area contributed by atoms with Crippen molar-refractivity contribution in [3.05, 3.63) is 57.6 Å². The van der Waals surface area contributed by atoms with Crippen molar-refractivity contribution in [2.75, 3.05) is 5.73 Å². The molecule has 0 saturated heterocycles. The van der Waals surface area contributed by atoms with Gasteiger partial charge in [-0.1, -0.05) is 34.1 Å². The van der Waals surface area contributed by atoms with Gasteiger partial charge in [0.15, 0.2) is 9.84 Å². The molecule has 0 spiro atoms. The van der Waals surface area contributed by atoms with Crippen LogP contribution < -0.4 is 5.73 Å². The van der Waals surface area contributed by atoms with Crippen LogP contribution in [0.3, 0.4) is 0 Å². The van der Waals surface area contributed by atoms with Crippen molar-refractivity contribution in [3.8, 4) is 0 Å². The van der Waals surface area contributed by atoms with Crippen molar-refractivity contribution in [3.63, 3.8) is 0 Å². The molecule has 0 aromatic heterocycles. The monoisotopic (exact) mass is 353 g/mol. The number of benzene rings is 2. The van der Waals surface area contributed by atoms with Gasteiger partial charge >= 0.3 is 0 Å². The molecule has 0 aliphatic carbocycles. The van der Waals surface area contributed by atoms with E-state index in [1.807, 2.05) is 19.1 Å². The molecule has 106 valence electrons. The average Bonchev–Trinajstić information content (AvgIpc) is 2.37. The Morgan fingerprint density at radius 1 is 1.15 bits per heavy atom. The Hall–Kier alpha value is -1.33. The van der Waals surface area contributed by atoms with E-state index in [2.05, 4.69) is 15.9 Å². The molecule has 0 aliphatic heterocycles. The molecule has 0 heterocycles. The van der Waals surface area contributed by atoms with Gasteiger partial charge in [0.25, 0.3) is 0 Å². The van der Waals surface area contributed by atoms with Crippen LogP contribution in [0.1, 0.15) is 16.7 Å². The van der Waals surface area contributed by atoms with Crippen LogP contribution in [0, 0.1) is 13.8 Å². The Balaban J connectivity index is 2.49. The summed E-state index contributed by atoms with van der Waals surface area (Å²) in [5.74, 6) is -0.107. The maximum Gasteiger partial charge on any atom is 0.182 e. The zero-order valence-corrected chi connectivity index (χ0v) is 13.8. The second-order valence-corrected chi connectivity index (χ2v) is 7.65. The summed E-state index contributed by atoms with van der Waals surface area (Å²) in [7, 11) is -3.42. The Labute approximate surface area is 127 Å². The van der Waals surface area contributed by atoms with Crippen molar-refractivity contribution in [2.45, 2.75) is 24.5 Å². The number of sulfone groups is 1. The van der Waals surface area contributed by atoms with Gasteiger partial charge in [0, 0.05) is 15.7 Å². The van der Waals surface area contributed by atoms with E-state index in [0.29, 0.717) is 20.6 Å². The number of nitrogens with two attached hydrogens (primary N) is 1. The van der Waals surface area contributed by atoms with E-state index in [-0.39, 0.29) is 5.75 Å². The van der Waals surface area contributed by atoms with Gasteiger partial charge in [-0.05, 0) is 43.2 Å². The Morgan fingerprint density at radius 2 is 1.85 bits per heavy atom. The summed E-state index contributed by atoms with van der Waals surface area (Å²) in [5, 5.41) is 0. The van der Waals surface area contributed by atoms with Crippen LogP contribution in [0.2, 0.25) is 0 Å². The van der Waals surface area contributed by atoms with Gasteiger partial charge in [-0.15, -0.1) is 0 Å². The molecular formula is C15H16BrNO2S. The van der Waals surface area contributed by atoms with Crippen LogP contribution in [0.4, 0.5) is 5.69 Å². The van der Waals surface area contributed by atoms with E-state index in [1.54, 1.807) is 31.2 Å². The second-order valence-electron chi connectivity index (χ2n) is 4.84. The molecular weight excluding hydrogens is 338 g/mol. The molecule has 20 heavy (non-hydrogen) atoms. The predicted molar refractivity (Wildman–Crippen MR) is 85.4 cm³/mol. The first kappa shape index (κ1) is 15.1. The molecule has 0 fully saturated rings. The third-order valence-electron chi connectivity index (χ3n) is 3.17. The molecule has 2 rings (SSSR count). The molecule has 0 radical (unpaired) electrons. The molecule has 3 nitrogen and oxygen atoms in total. The van der Waals surface area contributed by atoms with Gasteiger partial charge < -0.3 is 5.73 Å². The van der Waals surface area contributed by atoms with Gasteiger partial charge in [-0.3, -0.25) is 0 Å². The van der Waals surface area contributed by atoms with E-state index in [4.69, 9.17) is 5.73 Å². The summed E-state index contributed by atoms with van der Waals surface area (Å²) in [4.78, 5) is 0.368. The topological polar surface area (TPSA) is 60.2 Å². The number of anilines is 1. The van der Waals surface area contributed by atoms with Crippen molar-refractivity contribution in [2.24, 2.45) is 0 Å². The third-order valence-corrected chi connectivity index (χ3v) is 5.69. The largest absolute Gasteiger partial charge is 0.398 e. The number of aryl methyl sites for hydroxylation is 2. The molecule has 0 saturated carbocycles. The second kappa shape index (κ2) is 5.58. The fraction of sp³-hybridized carbons (Fsp3) is 0.200. The standard InChI is InChI=1S/C15H16BrNO2S/c1-10-6-7-11(2)15(8-10)20(18,19)9-12-13(16)4-3-5-14(12)17/h3-8H,9,17H2,1-2H3. The van der Waals surface area contributed by atoms with E-state index in [0.717, 1.165) is 11.1 Å². The highest BCUT2D eigenvalue weighted by Crippen LogP contribution is 2.28. The molecule has 2 aromatic carbocycles. The summed E-state index contributed by atoms with van der Waals surface area (Å²) < 4.78 is 25.9. The molecule has 0 amide bonds. The highest BCUT2D eigenvalue weighted by Gasteiger charge is 2.20. The zero-order valence-electron chi connectivity index (χ0n) is 11.4. The lowest BCUT2D eigenvalue weighted by Gasteiger charge is -2.11. The van der Waals surface area contributed by atoms with E-state index in [9.17, 15) is 8.42 Å². The average molecular weight is 354 g/mol. The van der Waals surface area contributed by atoms with Gasteiger partial charge in [0.2, 0.25) is 0 Å². The number of halogens is 1. The van der Waals surface area contributed by atoms with E-state index in [1.165, 1.54) is 0 Å². The lowest BCUT2D eigenvalue weighted by Crippen LogP contribution is -2.09. The Kier molecular flexibility index (Phi) is 4.20. The zero-order chi connectivity index (χ0) is 14.9. The van der Waals surface area contributed by atoms with E-state index >= 15 is 0 Å². The fourth-order valence-electron chi connectivity index (χ4n) is 2.04. The smallest absolute Gasteiger partial charge is 0.182 e. The Morgan fingerprint density at radius 3 is 2.50 bits per heavy atom. The fourth-order valence-corrected chi connectivity index (χ4v) is 4.53. The minimum Gasteiger partial charge on any atom is -0.398 e. The minimum atomic E-state index is -3.42. The third kappa shape index (κ3) is 3.04. The molecule has 0 atom stereocenters. The molecule has 0 unspecified atom stereocenters. The van der Waals surface area contributed by atoms with Gasteiger partial charge in [0.1, 0.15) is 0 Å². The molecule has 5 heteroatoms. The molecule has 2 aromatic rings. The van der Waals surface area contributed by atoms with Crippen molar-refractivity contribution >= 4 is 31.5 Å². The summed E-state index contributed by atoms with van der Waals surface area (Å²) in [6.45, 7) is 3.68. The summed E-state index contributed by atoms with van der Waals surface area (Å²) in [6, 6.07) is 10.7. The first-order chi connectivity index (χ1) is 9.31. The van der Waals surface area contributed by atoms with Crippen LogP contribution in [-0.2, 0) is 15.6 Å². The number of rotatable bonds is 3. The van der Waals surface area contributed by atoms with Crippen molar-refractivity contribution in [1.82, 2.24) is 0 Å². The van der Waals surface area contributed by atoms with Crippen molar-refractivity contribution in [1.29, 1.82) is 0 Å². The van der Waals surface area contributed by atoms with Gasteiger partial charge in [0.05, 0.1) is 10.6 Å². The van der Waals surface area contributed by atoms with Crippen LogP contribution >= 0.6 is 15.9 Å². The number of hydrogen-bond donors (Lipinski definition) is 1. The highest BCUT2D eigenvalue weighted by atomic mass is 79.9. The van der Waals surface area contributed by atoms with Crippen LogP contribution in [0.15, 0.2) is 45.8 Å². The SMILES string of the molecule is Cc1ccc(C)c(S(=O)(=O)Cc2c(N)cccc2Br)c1. The van der Waals surface area contributed by atoms with Crippen molar-refractivity contribution < 1.29 is 8.42 Å². The first-order valence-electron chi connectivity index (χ1n) is 6.14. The van der Waals surface area contributed by atoms with Gasteiger partial charge in [-0.2, -0.15) is 0 Å². The van der Waals surface area contributed by atoms with Crippen LogP contribution in [0.25, 0.3) is 0 Å². The minimum absolute atomic E-state index is 0.107. The maximum atomic E-state index is 12.6. The van der Waals surface area contributed by atoms with Gasteiger partial charge in [-0.25, -0.2) is 8.42 Å². The summed E-state index contributed by atoms with van der Waals surface area (Å²) in [6.07, 6.45) is 0. The lowest BCUT2D eigenvalue weighted by atomic mass is 10.2. The van der Waals surface area contributed by atoms with Crippen LogP contribution in [0.5, 0.6) is 0 Å². The summed E-state index contributed by atoms with van der Waals surface area (Å²) in [5.41, 5.74) is 8.64. The quantitative estimate of drug-likeness (QED) is 0.857. The Bertz CT molecular complexity index is 734. The highest BCUT2D eigenvalue weighted by molar-refractivity contribution is 9.10. The summed E-state index contributed by atoms with van der Waals surface area (Å²) >= 11 is 3.36.